The Hall–Kier alpha value is -2.04. The molecule has 0 aliphatic carbocycles. The first-order valence-corrected chi connectivity index (χ1v) is 8.34. The van der Waals surface area contributed by atoms with Crippen LogP contribution in [0.5, 0.6) is 0 Å². The summed E-state index contributed by atoms with van der Waals surface area (Å²) in [5.74, 6) is 0.0778. The number of fused-ring (bicyclic) bond motifs is 1. The van der Waals surface area contributed by atoms with E-state index in [1.807, 2.05) is 47.0 Å². The molecule has 0 fully saturated rings. The van der Waals surface area contributed by atoms with Crippen molar-refractivity contribution in [2.75, 3.05) is 14.1 Å². The Bertz CT molecular complexity index is 885. The zero-order valence-electron chi connectivity index (χ0n) is 13.5. The number of carbonyl (C=O) groups is 1. The molecule has 2 heterocycles. The van der Waals surface area contributed by atoms with Gasteiger partial charge in [-0.2, -0.15) is 0 Å². The Kier molecular flexibility index (Phi) is 4.78. The van der Waals surface area contributed by atoms with Gasteiger partial charge in [0.15, 0.2) is 0 Å². The zero-order chi connectivity index (χ0) is 17.3. The van der Waals surface area contributed by atoms with E-state index < -0.39 is 0 Å². The van der Waals surface area contributed by atoms with Gasteiger partial charge in [0.1, 0.15) is 5.65 Å². The molecule has 1 aromatic carbocycles. The second kappa shape index (κ2) is 6.83. The number of aryl methyl sites for hydroxylation is 1. The van der Waals surface area contributed by atoms with E-state index in [4.69, 9.17) is 28.2 Å². The van der Waals surface area contributed by atoms with Crippen molar-refractivity contribution >= 4 is 34.8 Å². The molecule has 4 nitrogen and oxygen atoms in total. The zero-order valence-corrected chi connectivity index (χ0v) is 15.0. The van der Waals surface area contributed by atoms with E-state index in [0.29, 0.717) is 22.9 Å². The number of hydrogen-bond acceptors (Lipinski definition) is 2. The minimum Gasteiger partial charge on any atom is -0.349 e. The highest BCUT2D eigenvalue weighted by atomic mass is 35.5. The molecule has 2 aromatic heterocycles. The molecule has 0 saturated heterocycles. The molecule has 0 aliphatic heterocycles. The van der Waals surface area contributed by atoms with Gasteiger partial charge in [0, 0.05) is 37.3 Å². The number of benzene rings is 1. The van der Waals surface area contributed by atoms with Crippen LogP contribution in [0.2, 0.25) is 10.0 Å². The average molecular weight is 362 g/mol. The molecule has 124 valence electrons. The molecule has 1 amide bonds. The van der Waals surface area contributed by atoms with E-state index >= 15 is 0 Å². The van der Waals surface area contributed by atoms with Crippen molar-refractivity contribution in [1.82, 2.24) is 14.3 Å². The van der Waals surface area contributed by atoms with Crippen LogP contribution in [-0.4, -0.2) is 34.3 Å². The van der Waals surface area contributed by atoms with Crippen LogP contribution in [0, 0.1) is 0 Å². The van der Waals surface area contributed by atoms with Crippen LogP contribution in [0.1, 0.15) is 12.1 Å². The number of aromatic nitrogens is 2. The Morgan fingerprint density at radius 2 is 1.75 bits per heavy atom. The fraction of sp³-hybridized carbons (Fsp3) is 0.222. The highest BCUT2D eigenvalue weighted by Crippen LogP contribution is 2.28. The van der Waals surface area contributed by atoms with Crippen molar-refractivity contribution in [3.63, 3.8) is 0 Å². The van der Waals surface area contributed by atoms with Crippen LogP contribution in [-0.2, 0) is 11.2 Å². The van der Waals surface area contributed by atoms with Crippen LogP contribution in [0.3, 0.4) is 0 Å². The summed E-state index contributed by atoms with van der Waals surface area (Å²) in [6.45, 7) is 0. The third kappa shape index (κ3) is 3.40. The predicted octanol–water partition coefficient (Wildman–Crippen LogP) is 4.33. The fourth-order valence-electron chi connectivity index (χ4n) is 2.59. The van der Waals surface area contributed by atoms with E-state index in [1.165, 1.54) is 0 Å². The normalized spacial score (nSPS) is 11.0. The Morgan fingerprint density at radius 3 is 2.42 bits per heavy atom. The molecule has 0 unspecified atom stereocenters. The van der Waals surface area contributed by atoms with Gasteiger partial charge in [0.05, 0.1) is 16.4 Å². The van der Waals surface area contributed by atoms with Crippen LogP contribution in [0.4, 0.5) is 0 Å². The largest absolute Gasteiger partial charge is 0.349 e. The number of amides is 1. The van der Waals surface area contributed by atoms with Crippen LogP contribution in [0.25, 0.3) is 16.9 Å². The van der Waals surface area contributed by atoms with Crippen molar-refractivity contribution in [3.05, 3.63) is 58.3 Å². The molecule has 0 aliphatic rings. The average Bonchev–Trinajstić information content (AvgIpc) is 2.91. The summed E-state index contributed by atoms with van der Waals surface area (Å²) in [5, 5.41) is 1.30. The summed E-state index contributed by atoms with van der Waals surface area (Å²) in [6.07, 6.45) is 2.82. The van der Waals surface area contributed by atoms with Crippen molar-refractivity contribution < 1.29 is 4.79 Å². The van der Waals surface area contributed by atoms with E-state index in [0.717, 1.165) is 22.6 Å². The maximum atomic E-state index is 12.0. The highest BCUT2D eigenvalue weighted by Gasteiger charge is 2.16. The molecule has 6 heteroatoms. The molecule has 3 rings (SSSR count). The van der Waals surface area contributed by atoms with Crippen molar-refractivity contribution in [3.8, 4) is 11.3 Å². The number of carbonyl (C=O) groups excluding carboxylic acids is 1. The van der Waals surface area contributed by atoms with E-state index in [9.17, 15) is 4.79 Å². The molecule has 3 aromatic rings. The van der Waals surface area contributed by atoms with Crippen LogP contribution in [0.15, 0.2) is 42.6 Å². The summed E-state index contributed by atoms with van der Waals surface area (Å²) in [7, 11) is 3.52. The van der Waals surface area contributed by atoms with Crippen molar-refractivity contribution in [1.29, 1.82) is 0 Å². The summed E-state index contributed by atoms with van der Waals surface area (Å²) < 4.78 is 1.95. The van der Waals surface area contributed by atoms with Gasteiger partial charge >= 0.3 is 0 Å². The first kappa shape index (κ1) is 16.8. The van der Waals surface area contributed by atoms with E-state index in [-0.39, 0.29) is 5.91 Å². The number of nitrogens with zero attached hydrogens (tertiary/aromatic N) is 3. The molecule has 0 saturated carbocycles. The second-order valence-electron chi connectivity index (χ2n) is 5.78. The number of imidazole rings is 1. The lowest BCUT2D eigenvalue weighted by molar-refractivity contribution is -0.128. The second-order valence-corrected chi connectivity index (χ2v) is 6.65. The van der Waals surface area contributed by atoms with E-state index in [1.54, 1.807) is 19.0 Å². The monoisotopic (exact) mass is 361 g/mol. The maximum absolute atomic E-state index is 12.0. The molecule has 24 heavy (non-hydrogen) atoms. The van der Waals surface area contributed by atoms with Gasteiger partial charge in [0.2, 0.25) is 5.91 Å². The smallest absolute Gasteiger partial charge is 0.222 e. The summed E-state index contributed by atoms with van der Waals surface area (Å²) >= 11 is 12.1. The minimum atomic E-state index is 0.0778. The van der Waals surface area contributed by atoms with Gasteiger partial charge in [0.25, 0.3) is 0 Å². The molecular weight excluding hydrogens is 345 g/mol. The van der Waals surface area contributed by atoms with Gasteiger partial charge in [-0.25, -0.2) is 4.98 Å². The third-order valence-electron chi connectivity index (χ3n) is 3.87. The number of pyridine rings is 1. The van der Waals surface area contributed by atoms with Gasteiger partial charge in [-0.05, 0) is 30.7 Å². The van der Waals surface area contributed by atoms with E-state index in [2.05, 4.69) is 0 Å². The maximum Gasteiger partial charge on any atom is 0.222 e. The first-order chi connectivity index (χ1) is 11.5. The van der Waals surface area contributed by atoms with Gasteiger partial charge < -0.3 is 9.30 Å². The number of hydrogen-bond donors (Lipinski definition) is 0. The van der Waals surface area contributed by atoms with Gasteiger partial charge in [-0.15, -0.1) is 0 Å². The summed E-state index contributed by atoms with van der Waals surface area (Å²) in [4.78, 5) is 18.3. The Morgan fingerprint density at radius 1 is 1.08 bits per heavy atom. The summed E-state index contributed by atoms with van der Waals surface area (Å²) in [5.41, 5.74) is 3.58. The molecule has 0 radical (unpaired) electrons. The number of halogens is 2. The van der Waals surface area contributed by atoms with Crippen molar-refractivity contribution in [2.24, 2.45) is 0 Å². The quantitative estimate of drug-likeness (QED) is 0.693. The topological polar surface area (TPSA) is 37.6 Å². The molecule has 0 N–H and O–H groups in total. The molecule has 0 spiro atoms. The minimum absolute atomic E-state index is 0.0778. The fourth-order valence-corrected chi connectivity index (χ4v) is 2.88. The standard InChI is InChI=1S/C18H17Cl2N3O/c1-22(2)17(24)10-8-15-18(12-3-5-13(19)6-4-12)21-16-9-7-14(20)11-23(15)16/h3-7,9,11H,8,10H2,1-2H3. The van der Waals surface area contributed by atoms with Crippen LogP contribution >= 0.6 is 23.2 Å². The predicted molar refractivity (Wildman–Crippen MR) is 97.7 cm³/mol. The van der Waals surface area contributed by atoms with Crippen LogP contribution < -0.4 is 0 Å². The first-order valence-electron chi connectivity index (χ1n) is 7.58. The molecular formula is C18H17Cl2N3O. The Balaban J connectivity index is 2.08. The van der Waals surface area contributed by atoms with Crippen molar-refractivity contribution in [2.45, 2.75) is 12.8 Å². The van der Waals surface area contributed by atoms with Gasteiger partial charge in [-0.1, -0.05) is 35.3 Å². The number of rotatable bonds is 4. The highest BCUT2D eigenvalue weighted by molar-refractivity contribution is 6.30. The lowest BCUT2D eigenvalue weighted by Crippen LogP contribution is -2.22. The Labute approximate surface area is 150 Å². The molecule has 0 atom stereocenters. The third-order valence-corrected chi connectivity index (χ3v) is 4.35. The molecule has 0 bridgehead atoms. The SMILES string of the molecule is CN(C)C(=O)CCc1c(-c2ccc(Cl)cc2)nc2ccc(Cl)cn12. The van der Waals surface area contributed by atoms with Gasteiger partial charge in [-0.3, -0.25) is 4.79 Å². The lowest BCUT2D eigenvalue weighted by atomic mass is 10.1. The summed E-state index contributed by atoms with van der Waals surface area (Å²) in [6, 6.07) is 11.2. The lowest BCUT2D eigenvalue weighted by Gasteiger charge is -2.11.